The van der Waals surface area contributed by atoms with Crippen LogP contribution >= 0.6 is 15.9 Å². The summed E-state index contributed by atoms with van der Waals surface area (Å²) in [7, 11) is 0. The Bertz CT molecular complexity index is 1100. The minimum Gasteiger partial charge on any atom is -0.443 e. The number of hydrogen-bond donors (Lipinski definition) is 1. The molecule has 142 valence electrons. The standard InChI is InChI=1S/C22H15BrN4O2/c1-14-21(13-26)19(27)29-22(14,16-7-9-17(23)10-8-16)28-18(20(21,11-24)12-25)15-5-3-2-4-6-15/h2-10,14,18,27H,1H3. The largest absolute Gasteiger partial charge is 0.443 e. The maximum atomic E-state index is 10.2. The normalized spacial score (nSPS) is 31.8. The van der Waals surface area contributed by atoms with E-state index in [-0.39, 0.29) is 0 Å². The molecule has 6 nitrogen and oxygen atoms in total. The lowest BCUT2D eigenvalue weighted by Gasteiger charge is -2.48. The van der Waals surface area contributed by atoms with Gasteiger partial charge in [0, 0.05) is 10.0 Å². The first-order valence-corrected chi connectivity index (χ1v) is 9.71. The van der Waals surface area contributed by atoms with Crippen molar-refractivity contribution in [2.75, 3.05) is 0 Å². The lowest BCUT2D eigenvalue weighted by Crippen LogP contribution is -2.57. The molecule has 1 N–H and O–H groups in total. The molecule has 2 saturated heterocycles. The second kappa shape index (κ2) is 6.42. The Labute approximate surface area is 176 Å². The summed E-state index contributed by atoms with van der Waals surface area (Å²) in [4.78, 5) is 0. The van der Waals surface area contributed by atoms with E-state index >= 15 is 0 Å². The molecular weight excluding hydrogens is 432 g/mol. The Morgan fingerprint density at radius 1 is 0.966 bits per heavy atom. The number of nitrogens with one attached hydrogen (secondary N) is 1. The van der Waals surface area contributed by atoms with Gasteiger partial charge in [-0.25, -0.2) is 0 Å². The minimum atomic E-state index is -1.95. The van der Waals surface area contributed by atoms with E-state index in [1.807, 2.05) is 30.3 Å². The highest BCUT2D eigenvalue weighted by molar-refractivity contribution is 9.10. The van der Waals surface area contributed by atoms with Crippen LogP contribution in [-0.4, -0.2) is 5.90 Å². The molecule has 2 bridgehead atoms. The molecule has 2 aliphatic heterocycles. The molecule has 7 heteroatoms. The van der Waals surface area contributed by atoms with E-state index in [0.29, 0.717) is 11.1 Å². The van der Waals surface area contributed by atoms with Crippen molar-refractivity contribution in [2.45, 2.75) is 18.8 Å². The molecule has 2 heterocycles. The first-order valence-electron chi connectivity index (χ1n) is 8.92. The third kappa shape index (κ3) is 2.19. The highest BCUT2D eigenvalue weighted by Crippen LogP contribution is 2.68. The molecule has 0 saturated carbocycles. The van der Waals surface area contributed by atoms with Gasteiger partial charge in [-0.1, -0.05) is 65.3 Å². The Hall–Kier alpha value is -3.18. The maximum Gasteiger partial charge on any atom is 0.244 e. The highest BCUT2D eigenvalue weighted by Gasteiger charge is 2.79. The third-order valence-electron chi connectivity index (χ3n) is 6.02. The topological polar surface area (TPSA) is 114 Å². The summed E-state index contributed by atoms with van der Waals surface area (Å²) in [6.07, 6.45) is -1.08. The molecule has 0 aromatic heterocycles. The van der Waals surface area contributed by atoms with Gasteiger partial charge >= 0.3 is 0 Å². The van der Waals surface area contributed by atoms with E-state index in [0.717, 1.165) is 4.47 Å². The van der Waals surface area contributed by atoms with Crippen molar-refractivity contribution in [1.29, 1.82) is 21.2 Å². The fourth-order valence-electron chi connectivity index (χ4n) is 4.48. The van der Waals surface area contributed by atoms with Crippen molar-refractivity contribution < 1.29 is 9.47 Å². The van der Waals surface area contributed by atoms with Crippen LogP contribution < -0.4 is 0 Å². The van der Waals surface area contributed by atoms with Crippen LogP contribution in [0.15, 0.2) is 59.1 Å². The van der Waals surface area contributed by atoms with Crippen molar-refractivity contribution in [3.63, 3.8) is 0 Å². The number of rotatable bonds is 2. The molecule has 2 aromatic carbocycles. The summed E-state index contributed by atoms with van der Waals surface area (Å²) in [5, 5.41) is 39.1. The monoisotopic (exact) mass is 446 g/mol. The van der Waals surface area contributed by atoms with E-state index in [1.165, 1.54) is 0 Å². The highest BCUT2D eigenvalue weighted by atomic mass is 79.9. The summed E-state index contributed by atoms with van der Waals surface area (Å²) in [6, 6.07) is 22.2. The molecule has 0 amide bonds. The maximum absolute atomic E-state index is 10.2. The van der Waals surface area contributed by atoms with Crippen LogP contribution in [0, 0.1) is 56.2 Å². The summed E-state index contributed by atoms with van der Waals surface area (Å²) in [6.45, 7) is 1.69. The Balaban J connectivity index is 2.04. The van der Waals surface area contributed by atoms with Crippen molar-refractivity contribution in [2.24, 2.45) is 16.7 Å². The fraction of sp³-hybridized carbons (Fsp3) is 0.273. The van der Waals surface area contributed by atoms with Gasteiger partial charge in [-0.05, 0) is 17.7 Å². The number of nitrogens with zero attached hydrogens (tertiary/aromatic N) is 3. The van der Waals surface area contributed by atoms with Crippen LogP contribution in [0.25, 0.3) is 0 Å². The average Bonchev–Trinajstić information content (AvgIpc) is 2.91. The van der Waals surface area contributed by atoms with Crippen LogP contribution in [0.3, 0.4) is 0 Å². The minimum absolute atomic E-state index is 0.419. The van der Waals surface area contributed by atoms with Crippen LogP contribution in [0.5, 0.6) is 0 Å². The molecule has 29 heavy (non-hydrogen) atoms. The fourth-order valence-corrected chi connectivity index (χ4v) is 4.74. The molecule has 0 aliphatic carbocycles. The molecule has 2 aliphatic rings. The summed E-state index contributed by atoms with van der Waals surface area (Å²) < 4.78 is 13.2. The van der Waals surface area contributed by atoms with Crippen LogP contribution in [0.1, 0.15) is 24.2 Å². The van der Waals surface area contributed by atoms with Crippen molar-refractivity contribution in [1.82, 2.24) is 0 Å². The molecule has 2 fully saturated rings. The van der Waals surface area contributed by atoms with Crippen LogP contribution in [0.4, 0.5) is 0 Å². The summed E-state index contributed by atoms with van der Waals surface area (Å²) >= 11 is 3.40. The number of halogens is 1. The van der Waals surface area contributed by atoms with Gasteiger partial charge in [-0.2, -0.15) is 15.8 Å². The van der Waals surface area contributed by atoms with Gasteiger partial charge in [0.1, 0.15) is 6.10 Å². The van der Waals surface area contributed by atoms with E-state index < -0.39 is 34.5 Å². The van der Waals surface area contributed by atoms with Crippen molar-refractivity contribution in [3.8, 4) is 18.2 Å². The number of benzene rings is 2. The molecule has 4 atom stereocenters. The second-order valence-electron chi connectivity index (χ2n) is 7.19. The molecule has 2 aromatic rings. The van der Waals surface area contributed by atoms with Crippen LogP contribution in [0.2, 0.25) is 0 Å². The summed E-state index contributed by atoms with van der Waals surface area (Å²) in [5.74, 6) is -2.66. The summed E-state index contributed by atoms with van der Waals surface area (Å²) in [5.41, 5.74) is -2.56. The molecule has 0 spiro atoms. The first kappa shape index (κ1) is 19.2. The van der Waals surface area contributed by atoms with E-state index in [2.05, 4.69) is 22.0 Å². The zero-order valence-corrected chi connectivity index (χ0v) is 17.0. The number of hydrogen-bond acceptors (Lipinski definition) is 6. The predicted molar refractivity (Wildman–Crippen MR) is 106 cm³/mol. The SMILES string of the molecule is CC1C2(c3ccc(Br)cc3)OC(=N)C1(C#N)C(C#N)(C#N)C(c1ccccc1)O2. The van der Waals surface area contributed by atoms with Gasteiger partial charge in [0.05, 0.1) is 24.1 Å². The Kier molecular flexibility index (Phi) is 4.24. The quantitative estimate of drug-likeness (QED) is 0.725. The second-order valence-corrected chi connectivity index (χ2v) is 8.10. The van der Waals surface area contributed by atoms with E-state index in [4.69, 9.17) is 14.9 Å². The van der Waals surface area contributed by atoms with Gasteiger partial charge in [0.25, 0.3) is 0 Å². The average molecular weight is 447 g/mol. The third-order valence-corrected chi connectivity index (χ3v) is 6.55. The van der Waals surface area contributed by atoms with Gasteiger partial charge in [-0.3, -0.25) is 5.41 Å². The van der Waals surface area contributed by atoms with E-state index in [1.54, 1.807) is 43.3 Å². The van der Waals surface area contributed by atoms with Crippen LogP contribution in [-0.2, 0) is 15.3 Å². The predicted octanol–water partition coefficient (Wildman–Crippen LogP) is 4.56. The van der Waals surface area contributed by atoms with Gasteiger partial charge in [0.2, 0.25) is 17.1 Å². The van der Waals surface area contributed by atoms with E-state index in [9.17, 15) is 15.8 Å². The number of ether oxygens (including phenoxy) is 2. The molecular formula is C22H15BrN4O2. The Morgan fingerprint density at radius 2 is 1.59 bits per heavy atom. The number of fused-ring (bicyclic) bond motifs is 2. The van der Waals surface area contributed by atoms with Crippen molar-refractivity contribution in [3.05, 3.63) is 70.2 Å². The lowest BCUT2D eigenvalue weighted by atomic mass is 9.53. The zero-order valence-electron chi connectivity index (χ0n) is 15.4. The zero-order chi connectivity index (χ0) is 20.9. The Morgan fingerprint density at radius 3 is 2.14 bits per heavy atom. The molecule has 0 radical (unpaired) electrons. The lowest BCUT2D eigenvalue weighted by molar-refractivity contribution is -0.288. The van der Waals surface area contributed by atoms with Gasteiger partial charge in [-0.15, -0.1) is 0 Å². The van der Waals surface area contributed by atoms with Crippen molar-refractivity contribution >= 4 is 21.8 Å². The van der Waals surface area contributed by atoms with Gasteiger partial charge < -0.3 is 9.47 Å². The number of nitriles is 3. The van der Waals surface area contributed by atoms with Gasteiger partial charge in [0.15, 0.2) is 5.41 Å². The first-order chi connectivity index (χ1) is 13.9. The molecule has 4 unspecified atom stereocenters. The molecule has 4 rings (SSSR count). The smallest absolute Gasteiger partial charge is 0.244 e.